The zero-order valence-corrected chi connectivity index (χ0v) is 14.3. The average molecular weight is 339 g/mol. The number of hydrogen-bond donors (Lipinski definition) is 2. The molecular formula is C19H21N3O3. The molecule has 0 saturated carbocycles. The summed E-state index contributed by atoms with van der Waals surface area (Å²) in [6, 6.07) is 11.9. The lowest BCUT2D eigenvalue weighted by molar-refractivity contribution is -0.385. The van der Waals surface area contributed by atoms with Crippen LogP contribution in [0.25, 0.3) is 10.9 Å². The minimum Gasteiger partial charge on any atom is -0.508 e. The Balaban J connectivity index is 2.23. The van der Waals surface area contributed by atoms with Gasteiger partial charge in [-0.2, -0.15) is 0 Å². The molecule has 0 radical (unpaired) electrons. The largest absolute Gasteiger partial charge is 0.508 e. The Kier molecular flexibility index (Phi) is 4.72. The van der Waals surface area contributed by atoms with Gasteiger partial charge in [-0.1, -0.05) is 32.0 Å². The van der Waals surface area contributed by atoms with Gasteiger partial charge >= 0.3 is 0 Å². The molecule has 0 saturated heterocycles. The van der Waals surface area contributed by atoms with Crippen LogP contribution in [0.5, 0.6) is 5.75 Å². The number of aromatic nitrogens is 1. The van der Waals surface area contributed by atoms with Gasteiger partial charge in [-0.3, -0.25) is 15.0 Å². The number of hydrogen-bond acceptors (Lipinski definition) is 4. The fourth-order valence-electron chi connectivity index (χ4n) is 3.34. The Morgan fingerprint density at radius 2 is 1.88 bits per heavy atom. The molecule has 2 aromatic carbocycles. The molecule has 6 heteroatoms. The van der Waals surface area contributed by atoms with E-state index in [0.717, 1.165) is 29.6 Å². The molecule has 0 aliphatic rings. The van der Waals surface area contributed by atoms with Crippen molar-refractivity contribution in [2.75, 3.05) is 13.1 Å². The highest BCUT2D eigenvalue weighted by molar-refractivity contribution is 5.84. The molecule has 2 N–H and O–H groups in total. The minimum atomic E-state index is -0.433. The van der Waals surface area contributed by atoms with Crippen LogP contribution in [0.1, 0.15) is 31.0 Å². The summed E-state index contributed by atoms with van der Waals surface area (Å²) in [6.45, 7) is 5.59. The maximum atomic E-state index is 11.2. The molecule has 0 bridgehead atoms. The van der Waals surface area contributed by atoms with E-state index in [9.17, 15) is 15.2 Å². The van der Waals surface area contributed by atoms with Crippen LogP contribution in [-0.2, 0) is 0 Å². The Morgan fingerprint density at radius 3 is 2.56 bits per heavy atom. The van der Waals surface area contributed by atoms with Gasteiger partial charge in [-0.15, -0.1) is 0 Å². The second kappa shape index (κ2) is 6.94. The first-order valence-electron chi connectivity index (χ1n) is 8.34. The monoisotopic (exact) mass is 339 g/mol. The number of phenols is 1. The second-order valence-electron chi connectivity index (χ2n) is 5.91. The number of nitrogens with zero attached hydrogens (tertiary/aromatic N) is 2. The highest BCUT2D eigenvalue weighted by Crippen LogP contribution is 2.39. The van der Waals surface area contributed by atoms with Crippen molar-refractivity contribution < 1.29 is 10.0 Å². The lowest BCUT2D eigenvalue weighted by atomic mass is 9.95. The van der Waals surface area contributed by atoms with Gasteiger partial charge in [-0.25, -0.2) is 0 Å². The molecule has 1 aromatic heterocycles. The summed E-state index contributed by atoms with van der Waals surface area (Å²) < 4.78 is 0. The predicted octanol–water partition coefficient (Wildman–Crippen LogP) is 4.21. The Hall–Kier alpha value is -2.86. The van der Waals surface area contributed by atoms with Gasteiger partial charge in [0.1, 0.15) is 5.75 Å². The van der Waals surface area contributed by atoms with Crippen molar-refractivity contribution in [3.63, 3.8) is 0 Å². The molecule has 3 aromatic rings. The molecule has 130 valence electrons. The summed E-state index contributed by atoms with van der Waals surface area (Å²) in [4.78, 5) is 16.2. The van der Waals surface area contributed by atoms with E-state index in [4.69, 9.17) is 0 Å². The summed E-state index contributed by atoms with van der Waals surface area (Å²) in [7, 11) is 0. The second-order valence-corrected chi connectivity index (χ2v) is 5.91. The van der Waals surface area contributed by atoms with E-state index in [1.165, 1.54) is 18.2 Å². The summed E-state index contributed by atoms with van der Waals surface area (Å²) >= 11 is 0. The number of rotatable bonds is 6. The first-order valence-corrected chi connectivity index (χ1v) is 8.34. The molecule has 0 spiro atoms. The van der Waals surface area contributed by atoms with Gasteiger partial charge < -0.3 is 10.1 Å². The van der Waals surface area contributed by atoms with Crippen LogP contribution >= 0.6 is 0 Å². The number of nitrogens with one attached hydrogen (secondary N) is 1. The summed E-state index contributed by atoms with van der Waals surface area (Å²) in [5.74, 6) is 0.0628. The third kappa shape index (κ3) is 3.08. The van der Waals surface area contributed by atoms with Crippen molar-refractivity contribution in [1.82, 2.24) is 9.88 Å². The van der Waals surface area contributed by atoms with Crippen LogP contribution in [0.15, 0.2) is 48.7 Å². The van der Waals surface area contributed by atoms with E-state index in [0.29, 0.717) is 5.56 Å². The highest BCUT2D eigenvalue weighted by atomic mass is 16.6. The molecule has 0 aliphatic carbocycles. The van der Waals surface area contributed by atoms with Crippen LogP contribution in [-0.4, -0.2) is 33.0 Å². The number of fused-ring (bicyclic) bond motifs is 1. The number of nitro benzene ring substituents is 1. The van der Waals surface area contributed by atoms with Crippen molar-refractivity contribution in [2.45, 2.75) is 19.9 Å². The average Bonchev–Trinajstić information content (AvgIpc) is 3.04. The molecule has 25 heavy (non-hydrogen) atoms. The molecule has 3 rings (SSSR count). The SMILES string of the molecule is CCN(CC)C(c1cc([N+](=O)[O-])ccc1O)c1c[nH]c2ccccc12. The van der Waals surface area contributed by atoms with Crippen molar-refractivity contribution in [3.05, 3.63) is 69.9 Å². The van der Waals surface area contributed by atoms with Crippen molar-refractivity contribution in [3.8, 4) is 5.75 Å². The Labute approximate surface area is 145 Å². The number of para-hydroxylation sites is 1. The number of aromatic amines is 1. The van der Waals surface area contributed by atoms with Gasteiger partial charge in [0, 0.05) is 34.8 Å². The molecule has 0 fully saturated rings. The normalized spacial score (nSPS) is 12.6. The van der Waals surface area contributed by atoms with E-state index in [1.807, 2.05) is 44.3 Å². The van der Waals surface area contributed by atoms with Gasteiger partial charge in [0.25, 0.3) is 5.69 Å². The number of aromatic hydroxyl groups is 1. The Morgan fingerprint density at radius 1 is 1.16 bits per heavy atom. The zero-order valence-electron chi connectivity index (χ0n) is 14.3. The Bertz CT molecular complexity index is 900. The quantitative estimate of drug-likeness (QED) is 0.520. The van der Waals surface area contributed by atoms with E-state index < -0.39 is 4.92 Å². The molecule has 0 aliphatic heterocycles. The van der Waals surface area contributed by atoms with Gasteiger partial charge in [-0.05, 0) is 30.8 Å². The highest BCUT2D eigenvalue weighted by Gasteiger charge is 2.27. The number of benzene rings is 2. The lowest BCUT2D eigenvalue weighted by Crippen LogP contribution is -2.29. The maximum absolute atomic E-state index is 11.2. The summed E-state index contributed by atoms with van der Waals surface area (Å²) in [5.41, 5.74) is 2.52. The fourth-order valence-corrected chi connectivity index (χ4v) is 3.34. The molecular weight excluding hydrogens is 318 g/mol. The number of nitro groups is 1. The molecule has 0 amide bonds. The molecule has 6 nitrogen and oxygen atoms in total. The molecule has 1 heterocycles. The zero-order chi connectivity index (χ0) is 18.0. The smallest absolute Gasteiger partial charge is 0.270 e. The number of H-pyrrole nitrogens is 1. The van der Waals surface area contributed by atoms with Crippen molar-refractivity contribution in [1.29, 1.82) is 0 Å². The van der Waals surface area contributed by atoms with E-state index >= 15 is 0 Å². The number of non-ortho nitro benzene ring substituents is 1. The maximum Gasteiger partial charge on any atom is 0.270 e. The molecule has 1 atom stereocenters. The first-order chi connectivity index (χ1) is 12.1. The van der Waals surface area contributed by atoms with E-state index in [1.54, 1.807) is 0 Å². The summed E-state index contributed by atoms with van der Waals surface area (Å²) in [6.07, 6.45) is 1.92. The number of phenolic OH excluding ortho intramolecular Hbond substituents is 1. The van der Waals surface area contributed by atoms with Gasteiger partial charge in [0.15, 0.2) is 0 Å². The van der Waals surface area contributed by atoms with Crippen LogP contribution in [0, 0.1) is 10.1 Å². The topological polar surface area (TPSA) is 82.4 Å². The van der Waals surface area contributed by atoms with E-state index in [2.05, 4.69) is 9.88 Å². The van der Waals surface area contributed by atoms with E-state index in [-0.39, 0.29) is 17.5 Å². The van der Waals surface area contributed by atoms with Gasteiger partial charge in [0.05, 0.1) is 11.0 Å². The first kappa shape index (κ1) is 17.0. The molecule has 1 unspecified atom stereocenters. The van der Waals surface area contributed by atoms with Gasteiger partial charge in [0.2, 0.25) is 0 Å². The van der Waals surface area contributed by atoms with Crippen molar-refractivity contribution >= 4 is 16.6 Å². The third-order valence-electron chi connectivity index (χ3n) is 4.61. The van der Waals surface area contributed by atoms with Crippen molar-refractivity contribution in [2.24, 2.45) is 0 Å². The summed E-state index contributed by atoms with van der Waals surface area (Å²) in [5, 5.41) is 22.7. The predicted molar refractivity (Wildman–Crippen MR) is 97.8 cm³/mol. The lowest BCUT2D eigenvalue weighted by Gasteiger charge is -2.30. The standard InChI is InChI=1S/C19H21N3O3/c1-3-21(4-2)19(15-11-13(22(24)25)9-10-18(15)23)16-12-20-17-8-6-5-7-14(16)17/h5-12,19-20,23H,3-4H2,1-2H3. The van der Waals surface area contributed by atoms with Crippen LogP contribution in [0.2, 0.25) is 0 Å². The van der Waals surface area contributed by atoms with Crippen LogP contribution in [0.4, 0.5) is 5.69 Å². The fraction of sp³-hybridized carbons (Fsp3) is 0.263. The van der Waals surface area contributed by atoms with Crippen LogP contribution in [0.3, 0.4) is 0 Å². The van der Waals surface area contributed by atoms with Crippen LogP contribution < -0.4 is 0 Å². The third-order valence-corrected chi connectivity index (χ3v) is 4.61. The minimum absolute atomic E-state index is 0.0233.